The molecule has 0 aliphatic rings. The summed E-state index contributed by atoms with van der Waals surface area (Å²) in [6, 6.07) is 4.77. The molecule has 0 fully saturated rings. The van der Waals surface area contributed by atoms with Crippen molar-refractivity contribution in [2.75, 3.05) is 11.1 Å². The summed E-state index contributed by atoms with van der Waals surface area (Å²) < 4.78 is 5.48. The van der Waals surface area contributed by atoms with Crippen molar-refractivity contribution in [2.45, 2.75) is 86.4 Å². The highest BCUT2D eigenvalue weighted by Crippen LogP contribution is 2.25. The molecule has 0 aliphatic carbocycles. The maximum absolute atomic E-state index is 12.8. The number of ether oxygens (including phenoxy) is 1. The van der Waals surface area contributed by atoms with E-state index >= 15 is 0 Å². The topological polar surface area (TPSA) is 93.5 Å². The monoisotopic (exact) mass is 419 g/mol. The van der Waals surface area contributed by atoms with Crippen molar-refractivity contribution >= 4 is 23.3 Å². The summed E-state index contributed by atoms with van der Waals surface area (Å²) >= 11 is 0. The highest BCUT2D eigenvalue weighted by atomic mass is 16.6. The number of carbonyl (C=O) groups is 2. The summed E-state index contributed by atoms with van der Waals surface area (Å²) in [6.07, 6.45) is 0.500. The lowest BCUT2D eigenvalue weighted by Gasteiger charge is -2.28. The van der Waals surface area contributed by atoms with Gasteiger partial charge in [0, 0.05) is 11.6 Å². The average Bonchev–Trinajstić information content (AvgIpc) is 2.57. The molecule has 1 aromatic carbocycles. The molecular weight excluding hydrogens is 378 g/mol. The molecule has 1 amide bonds. The van der Waals surface area contributed by atoms with Crippen molar-refractivity contribution in [2.24, 2.45) is 17.8 Å². The first-order valence-electron chi connectivity index (χ1n) is 10.9. The van der Waals surface area contributed by atoms with E-state index in [2.05, 4.69) is 38.3 Å². The summed E-state index contributed by atoms with van der Waals surface area (Å²) in [5.74, 6) is 0.348. The average molecular weight is 420 g/mol. The number of anilines is 2. The molecule has 0 radical (unpaired) electrons. The Morgan fingerprint density at radius 3 is 2.03 bits per heavy atom. The number of nitrogens with two attached hydrogens (primary N) is 1. The van der Waals surface area contributed by atoms with Crippen molar-refractivity contribution < 1.29 is 14.3 Å². The standard InChI is InChI=1S/C24H41N3O3/c1-14(2)12-20(23(29)30-24(7,8)9)27-22(28)17-10-11-19(18(25)13-17)26-21(15(3)4)16(5)6/h10-11,13-16,20-21,26H,12,25H2,1-9H3,(H,27,28). The molecule has 0 heterocycles. The quantitative estimate of drug-likeness (QED) is 0.393. The van der Waals surface area contributed by atoms with E-state index in [1.165, 1.54) is 0 Å². The van der Waals surface area contributed by atoms with Gasteiger partial charge in [0.2, 0.25) is 0 Å². The molecule has 0 spiro atoms. The fraction of sp³-hybridized carbons (Fsp3) is 0.667. The maximum atomic E-state index is 12.8. The Bertz CT molecular complexity index is 713. The zero-order valence-corrected chi connectivity index (χ0v) is 20.1. The van der Waals surface area contributed by atoms with E-state index in [0.29, 0.717) is 29.5 Å². The van der Waals surface area contributed by atoms with Crippen LogP contribution in [0.15, 0.2) is 18.2 Å². The van der Waals surface area contributed by atoms with E-state index in [1.54, 1.807) is 12.1 Å². The zero-order chi connectivity index (χ0) is 23.2. The van der Waals surface area contributed by atoms with Gasteiger partial charge in [-0.25, -0.2) is 4.79 Å². The minimum atomic E-state index is -0.706. The number of amides is 1. The first kappa shape index (κ1) is 25.8. The third kappa shape index (κ3) is 8.25. The SMILES string of the molecule is CC(C)CC(NC(=O)c1ccc(NC(C(C)C)C(C)C)c(N)c1)C(=O)OC(C)(C)C. The molecule has 1 rings (SSSR count). The first-order chi connectivity index (χ1) is 13.7. The van der Waals surface area contributed by atoms with Gasteiger partial charge in [0.25, 0.3) is 5.91 Å². The second-order valence-corrected chi connectivity index (χ2v) is 10.1. The zero-order valence-electron chi connectivity index (χ0n) is 20.1. The Morgan fingerprint density at radius 2 is 1.60 bits per heavy atom. The van der Waals surface area contributed by atoms with Crippen LogP contribution in [0, 0.1) is 17.8 Å². The van der Waals surface area contributed by atoms with Gasteiger partial charge in [0.1, 0.15) is 11.6 Å². The van der Waals surface area contributed by atoms with E-state index in [0.717, 1.165) is 5.69 Å². The molecule has 0 aromatic heterocycles. The van der Waals surface area contributed by atoms with E-state index in [-0.39, 0.29) is 17.9 Å². The predicted molar refractivity (Wildman–Crippen MR) is 124 cm³/mol. The highest BCUT2D eigenvalue weighted by Gasteiger charge is 2.28. The van der Waals surface area contributed by atoms with Crippen molar-refractivity contribution in [1.29, 1.82) is 0 Å². The van der Waals surface area contributed by atoms with Gasteiger partial charge in [-0.05, 0) is 63.1 Å². The van der Waals surface area contributed by atoms with Crippen molar-refractivity contribution in [3.63, 3.8) is 0 Å². The second kappa shape index (κ2) is 10.7. The van der Waals surface area contributed by atoms with Crippen LogP contribution >= 0.6 is 0 Å². The molecule has 4 N–H and O–H groups in total. The van der Waals surface area contributed by atoms with Crippen LogP contribution in [-0.2, 0) is 9.53 Å². The van der Waals surface area contributed by atoms with Gasteiger partial charge >= 0.3 is 5.97 Å². The minimum Gasteiger partial charge on any atom is -0.458 e. The number of carbonyl (C=O) groups excluding carboxylic acids is 2. The van der Waals surface area contributed by atoms with Gasteiger partial charge in [-0.3, -0.25) is 4.79 Å². The molecule has 30 heavy (non-hydrogen) atoms. The lowest BCUT2D eigenvalue weighted by molar-refractivity contribution is -0.157. The number of benzene rings is 1. The molecule has 6 heteroatoms. The molecule has 170 valence electrons. The molecule has 6 nitrogen and oxygen atoms in total. The summed E-state index contributed by atoms with van der Waals surface area (Å²) in [4.78, 5) is 25.4. The third-order valence-corrected chi connectivity index (χ3v) is 4.78. The van der Waals surface area contributed by atoms with Crippen LogP contribution in [0.25, 0.3) is 0 Å². The van der Waals surface area contributed by atoms with Gasteiger partial charge in [-0.2, -0.15) is 0 Å². The van der Waals surface area contributed by atoms with Crippen molar-refractivity contribution in [3.8, 4) is 0 Å². The van der Waals surface area contributed by atoms with Crippen LogP contribution in [-0.4, -0.2) is 29.6 Å². The lowest BCUT2D eigenvalue weighted by atomic mass is 9.93. The van der Waals surface area contributed by atoms with E-state index in [1.807, 2.05) is 40.7 Å². The van der Waals surface area contributed by atoms with Crippen molar-refractivity contribution in [1.82, 2.24) is 5.32 Å². The number of hydrogen-bond donors (Lipinski definition) is 3. The van der Waals surface area contributed by atoms with Crippen molar-refractivity contribution in [3.05, 3.63) is 23.8 Å². The lowest BCUT2D eigenvalue weighted by Crippen LogP contribution is -2.45. The van der Waals surface area contributed by atoms with Gasteiger partial charge in [0.05, 0.1) is 11.4 Å². The number of nitrogen functional groups attached to an aromatic ring is 1. The Kier molecular flexibility index (Phi) is 9.19. The summed E-state index contributed by atoms with van der Waals surface area (Å²) in [5, 5.41) is 6.31. The fourth-order valence-electron chi connectivity index (χ4n) is 3.42. The largest absolute Gasteiger partial charge is 0.458 e. The van der Waals surface area contributed by atoms with Crippen LogP contribution in [0.4, 0.5) is 11.4 Å². The van der Waals surface area contributed by atoms with E-state index in [4.69, 9.17) is 10.5 Å². The molecular formula is C24H41N3O3. The molecule has 1 aromatic rings. The molecule has 0 saturated carbocycles. The summed E-state index contributed by atoms with van der Waals surface area (Å²) in [7, 11) is 0. The number of rotatable bonds is 9. The van der Waals surface area contributed by atoms with Crippen LogP contribution in [0.2, 0.25) is 0 Å². The Morgan fingerprint density at radius 1 is 1.03 bits per heavy atom. The van der Waals surface area contributed by atoms with Crippen LogP contribution < -0.4 is 16.4 Å². The predicted octanol–water partition coefficient (Wildman–Crippen LogP) is 4.85. The Hall–Kier alpha value is -2.24. The Labute approximate surface area is 182 Å². The fourth-order valence-corrected chi connectivity index (χ4v) is 3.42. The third-order valence-electron chi connectivity index (χ3n) is 4.78. The van der Waals surface area contributed by atoms with Gasteiger partial charge in [-0.15, -0.1) is 0 Å². The summed E-state index contributed by atoms with van der Waals surface area (Å²) in [6.45, 7) is 18.1. The summed E-state index contributed by atoms with van der Waals surface area (Å²) in [5.41, 5.74) is 7.35. The normalized spacial score (nSPS) is 13.1. The molecule has 0 aliphatic heterocycles. The van der Waals surface area contributed by atoms with E-state index < -0.39 is 17.6 Å². The molecule has 1 unspecified atom stereocenters. The van der Waals surface area contributed by atoms with Crippen LogP contribution in [0.1, 0.15) is 79.1 Å². The van der Waals surface area contributed by atoms with Crippen LogP contribution in [0.3, 0.4) is 0 Å². The second-order valence-electron chi connectivity index (χ2n) is 10.1. The molecule has 0 bridgehead atoms. The number of hydrogen-bond acceptors (Lipinski definition) is 5. The van der Waals surface area contributed by atoms with E-state index in [9.17, 15) is 9.59 Å². The van der Waals surface area contributed by atoms with Gasteiger partial charge < -0.3 is 21.1 Å². The molecule has 1 atom stereocenters. The highest BCUT2D eigenvalue weighted by molar-refractivity contribution is 5.98. The maximum Gasteiger partial charge on any atom is 0.329 e. The van der Waals surface area contributed by atoms with Crippen LogP contribution in [0.5, 0.6) is 0 Å². The van der Waals surface area contributed by atoms with Gasteiger partial charge in [0.15, 0.2) is 0 Å². The minimum absolute atomic E-state index is 0.225. The smallest absolute Gasteiger partial charge is 0.329 e. The number of nitrogens with one attached hydrogen (secondary N) is 2. The number of esters is 1. The first-order valence-corrected chi connectivity index (χ1v) is 10.9. The molecule has 0 saturated heterocycles. The van der Waals surface area contributed by atoms with Gasteiger partial charge in [-0.1, -0.05) is 41.5 Å². The Balaban J connectivity index is 2.98.